The predicted molar refractivity (Wildman–Crippen MR) is 96.7 cm³/mol. The molecule has 2 heterocycles. The lowest BCUT2D eigenvalue weighted by molar-refractivity contribution is -0.115. The molecule has 3 aromatic rings. The molecule has 5 nitrogen and oxygen atoms in total. The normalized spacial score (nSPS) is 13.6. The number of rotatable bonds is 5. The molecule has 0 saturated heterocycles. The monoisotopic (exact) mass is 350 g/mol. The number of benzene rings is 2. The van der Waals surface area contributed by atoms with Crippen LogP contribution in [0.2, 0.25) is 0 Å². The van der Waals surface area contributed by atoms with Gasteiger partial charge in [-0.1, -0.05) is 48.5 Å². The third kappa shape index (κ3) is 3.50. The van der Waals surface area contributed by atoms with Crippen LogP contribution in [-0.4, -0.2) is 21.0 Å². The van der Waals surface area contributed by atoms with E-state index in [4.69, 9.17) is 0 Å². The van der Waals surface area contributed by atoms with Gasteiger partial charge in [0.25, 0.3) is 0 Å². The second-order valence-corrected chi connectivity index (χ2v) is 6.48. The van der Waals surface area contributed by atoms with Crippen molar-refractivity contribution < 1.29 is 9.18 Å². The van der Waals surface area contributed by atoms with Gasteiger partial charge in [-0.05, 0) is 17.2 Å². The molecule has 2 N–H and O–H groups in total. The number of hydrogen-bond acceptors (Lipinski definition) is 3. The summed E-state index contributed by atoms with van der Waals surface area (Å²) in [6.07, 6.45) is -0.0119. The smallest absolute Gasteiger partial charge is 0.230 e. The van der Waals surface area contributed by atoms with E-state index in [-0.39, 0.29) is 18.1 Å². The van der Waals surface area contributed by atoms with Crippen LogP contribution in [-0.2, 0) is 30.8 Å². The van der Waals surface area contributed by atoms with E-state index < -0.39 is 0 Å². The molecule has 0 spiro atoms. The highest BCUT2D eigenvalue weighted by molar-refractivity contribution is 5.92. The molecule has 6 heteroatoms. The van der Waals surface area contributed by atoms with Crippen LogP contribution in [0.25, 0.3) is 0 Å². The average molecular weight is 350 g/mol. The molecule has 26 heavy (non-hydrogen) atoms. The second-order valence-electron chi connectivity index (χ2n) is 6.48. The van der Waals surface area contributed by atoms with Crippen molar-refractivity contribution in [3.05, 3.63) is 82.8 Å². The number of anilines is 1. The zero-order chi connectivity index (χ0) is 17.9. The van der Waals surface area contributed by atoms with Crippen LogP contribution in [0.5, 0.6) is 0 Å². The van der Waals surface area contributed by atoms with Crippen molar-refractivity contribution in [2.75, 3.05) is 5.32 Å². The van der Waals surface area contributed by atoms with E-state index in [1.807, 2.05) is 18.2 Å². The van der Waals surface area contributed by atoms with Crippen LogP contribution in [0.3, 0.4) is 0 Å². The summed E-state index contributed by atoms with van der Waals surface area (Å²) in [5.41, 5.74) is 3.64. The number of halogens is 1. The molecule has 1 amide bonds. The van der Waals surface area contributed by atoms with Gasteiger partial charge < -0.3 is 5.32 Å². The number of amides is 1. The molecule has 132 valence electrons. The van der Waals surface area contributed by atoms with E-state index in [9.17, 15) is 9.18 Å². The third-order valence-corrected chi connectivity index (χ3v) is 4.53. The maximum absolute atomic E-state index is 13.7. The summed E-state index contributed by atoms with van der Waals surface area (Å²) in [7, 11) is 0. The maximum atomic E-state index is 13.7. The van der Waals surface area contributed by atoms with Gasteiger partial charge in [0.15, 0.2) is 5.82 Å². The van der Waals surface area contributed by atoms with E-state index in [0.717, 1.165) is 30.9 Å². The number of carbonyl (C=O) groups is 1. The summed E-state index contributed by atoms with van der Waals surface area (Å²) in [6, 6.07) is 16.6. The molecule has 1 aromatic heterocycles. The van der Waals surface area contributed by atoms with Crippen molar-refractivity contribution in [3.8, 4) is 0 Å². The third-order valence-electron chi connectivity index (χ3n) is 4.53. The largest absolute Gasteiger partial charge is 0.309 e. The molecule has 4 rings (SSSR count). The fourth-order valence-corrected chi connectivity index (χ4v) is 3.25. The topological polar surface area (TPSA) is 61.0 Å². The van der Waals surface area contributed by atoms with Crippen LogP contribution < -0.4 is 5.32 Å². The zero-order valence-corrected chi connectivity index (χ0v) is 14.2. The summed E-state index contributed by atoms with van der Waals surface area (Å²) in [5.74, 6) is -0.105. The molecular formula is C20H19FN4O. The van der Waals surface area contributed by atoms with Crippen LogP contribution in [0, 0.1) is 5.82 Å². The van der Waals surface area contributed by atoms with Crippen LogP contribution >= 0.6 is 0 Å². The lowest BCUT2D eigenvalue weighted by Gasteiger charge is -2.15. The zero-order valence-electron chi connectivity index (χ0n) is 14.2. The molecule has 0 bridgehead atoms. The van der Waals surface area contributed by atoms with Gasteiger partial charge in [-0.15, -0.1) is 0 Å². The minimum atomic E-state index is -0.371. The summed E-state index contributed by atoms with van der Waals surface area (Å²) in [6.45, 7) is 2.32. The summed E-state index contributed by atoms with van der Waals surface area (Å²) < 4.78 is 13.7. The lowest BCUT2D eigenvalue weighted by Crippen LogP contribution is -2.19. The Bertz CT molecular complexity index is 923. The number of aromatic nitrogens is 2. The van der Waals surface area contributed by atoms with Gasteiger partial charge in [0, 0.05) is 25.2 Å². The molecule has 0 fully saturated rings. The van der Waals surface area contributed by atoms with Crippen LogP contribution in [0.4, 0.5) is 10.2 Å². The van der Waals surface area contributed by atoms with E-state index in [1.165, 1.54) is 11.6 Å². The molecule has 1 aliphatic heterocycles. The van der Waals surface area contributed by atoms with Crippen molar-refractivity contribution in [1.29, 1.82) is 0 Å². The first-order chi connectivity index (χ1) is 12.7. The number of hydrogen-bond donors (Lipinski definition) is 2. The molecule has 0 atom stereocenters. The maximum Gasteiger partial charge on any atom is 0.230 e. The van der Waals surface area contributed by atoms with Gasteiger partial charge in [0.05, 0.1) is 12.1 Å². The van der Waals surface area contributed by atoms with Gasteiger partial charge >= 0.3 is 0 Å². The van der Waals surface area contributed by atoms with Crippen molar-refractivity contribution in [2.45, 2.75) is 26.1 Å². The first-order valence-electron chi connectivity index (χ1n) is 8.54. The van der Waals surface area contributed by atoms with Gasteiger partial charge in [0.1, 0.15) is 5.82 Å². The molecule has 2 aromatic carbocycles. The molecule has 1 aliphatic rings. The first kappa shape index (κ1) is 16.5. The summed E-state index contributed by atoms with van der Waals surface area (Å²) in [4.78, 5) is 14.5. The number of aromatic amines is 1. The molecule has 0 aliphatic carbocycles. The predicted octanol–water partition coefficient (Wildman–Crippen LogP) is 3.25. The van der Waals surface area contributed by atoms with Gasteiger partial charge in [-0.3, -0.25) is 14.8 Å². The fraction of sp³-hybridized carbons (Fsp3) is 0.200. The van der Waals surface area contributed by atoms with Crippen molar-refractivity contribution >= 4 is 11.7 Å². The number of nitrogens with one attached hydrogen (secondary N) is 2. The Labute approximate surface area is 150 Å². The Morgan fingerprint density at radius 2 is 1.88 bits per heavy atom. The van der Waals surface area contributed by atoms with E-state index in [1.54, 1.807) is 18.2 Å². The standard InChI is InChI=1S/C20H19FN4O/c21-17-9-5-4-8-15(17)10-19(26)22-20-16-12-25(13-18(16)23-24-20)11-14-6-2-1-3-7-14/h1-9H,10-13H2,(H2,22,23,24,26). The first-order valence-corrected chi connectivity index (χ1v) is 8.54. The highest BCUT2D eigenvalue weighted by Crippen LogP contribution is 2.28. The van der Waals surface area contributed by atoms with E-state index in [2.05, 4.69) is 32.5 Å². The SMILES string of the molecule is O=C(Cc1ccccc1F)Nc1n[nH]c2c1CN(Cc1ccccc1)C2. The average Bonchev–Trinajstić information content (AvgIpc) is 3.19. The van der Waals surface area contributed by atoms with Gasteiger partial charge in [-0.25, -0.2) is 4.39 Å². The van der Waals surface area contributed by atoms with Gasteiger partial charge in [0.2, 0.25) is 5.91 Å². The molecular weight excluding hydrogens is 331 g/mol. The summed E-state index contributed by atoms with van der Waals surface area (Å²) >= 11 is 0. The number of fused-ring (bicyclic) bond motifs is 1. The number of H-pyrrole nitrogens is 1. The minimum absolute atomic E-state index is 0.0119. The van der Waals surface area contributed by atoms with E-state index in [0.29, 0.717) is 11.4 Å². The van der Waals surface area contributed by atoms with Crippen molar-refractivity contribution in [3.63, 3.8) is 0 Å². The Kier molecular flexibility index (Phi) is 4.50. The Morgan fingerprint density at radius 3 is 2.69 bits per heavy atom. The lowest BCUT2D eigenvalue weighted by atomic mass is 10.1. The van der Waals surface area contributed by atoms with Gasteiger partial charge in [-0.2, -0.15) is 5.10 Å². The number of nitrogens with zero attached hydrogens (tertiary/aromatic N) is 2. The summed E-state index contributed by atoms with van der Waals surface area (Å²) in [5, 5.41) is 10.0. The highest BCUT2D eigenvalue weighted by Gasteiger charge is 2.25. The van der Waals surface area contributed by atoms with Crippen LogP contribution in [0.15, 0.2) is 54.6 Å². The molecule has 0 saturated carbocycles. The Balaban J connectivity index is 1.40. The highest BCUT2D eigenvalue weighted by atomic mass is 19.1. The quantitative estimate of drug-likeness (QED) is 0.743. The second kappa shape index (κ2) is 7.09. The fourth-order valence-electron chi connectivity index (χ4n) is 3.25. The Morgan fingerprint density at radius 1 is 1.12 bits per heavy atom. The Hall–Kier alpha value is -2.99. The molecule has 0 unspecified atom stereocenters. The van der Waals surface area contributed by atoms with Crippen molar-refractivity contribution in [1.82, 2.24) is 15.1 Å². The minimum Gasteiger partial charge on any atom is -0.309 e. The van der Waals surface area contributed by atoms with Crippen molar-refractivity contribution in [2.24, 2.45) is 0 Å². The van der Waals surface area contributed by atoms with E-state index >= 15 is 0 Å². The number of carbonyl (C=O) groups excluding carboxylic acids is 1. The molecule has 0 radical (unpaired) electrons. The van der Waals surface area contributed by atoms with Crippen LogP contribution in [0.1, 0.15) is 22.4 Å².